The van der Waals surface area contributed by atoms with Crippen LogP contribution in [0.15, 0.2) is 0 Å². The van der Waals surface area contributed by atoms with Crippen LogP contribution in [0, 0.1) is 5.41 Å². The Balaban J connectivity index is 3.91. The molecule has 0 saturated carbocycles. The van der Waals surface area contributed by atoms with Gasteiger partial charge in [0.2, 0.25) is 11.8 Å². The van der Waals surface area contributed by atoms with Gasteiger partial charge in [-0.3, -0.25) is 9.59 Å². The summed E-state index contributed by atoms with van der Waals surface area (Å²) in [6.45, 7) is 6.23. The summed E-state index contributed by atoms with van der Waals surface area (Å²) in [7, 11) is 3.34. The Bertz CT molecular complexity index is 235. The summed E-state index contributed by atoms with van der Waals surface area (Å²) >= 11 is 0. The maximum absolute atomic E-state index is 11.5. The average molecular weight is 214 g/mol. The Labute approximate surface area is 92.0 Å². The predicted molar refractivity (Wildman–Crippen MR) is 60.4 cm³/mol. The van der Waals surface area contributed by atoms with Crippen molar-refractivity contribution in [1.29, 1.82) is 0 Å². The maximum Gasteiger partial charge on any atom is 0.241 e. The first kappa shape index (κ1) is 13.9. The highest BCUT2D eigenvalue weighted by Crippen LogP contribution is 2.23. The molecule has 0 saturated heterocycles. The molecular weight excluding hydrogens is 192 g/mol. The van der Waals surface area contributed by atoms with Gasteiger partial charge in [-0.05, 0) is 5.41 Å². The minimum Gasteiger partial charge on any atom is -0.347 e. The predicted octanol–water partition coefficient (Wildman–Crippen LogP) is 1.02. The zero-order valence-electron chi connectivity index (χ0n) is 10.4. The fraction of sp³-hybridized carbons (Fsp3) is 0.818. The van der Waals surface area contributed by atoms with Crippen LogP contribution in [0.2, 0.25) is 0 Å². The minimum atomic E-state index is -0.0855. The molecule has 2 amide bonds. The monoisotopic (exact) mass is 214 g/mol. The van der Waals surface area contributed by atoms with Gasteiger partial charge in [0.25, 0.3) is 0 Å². The van der Waals surface area contributed by atoms with Gasteiger partial charge in [-0.2, -0.15) is 0 Å². The molecule has 0 heterocycles. The Morgan fingerprint density at radius 3 is 2.20 bits per heavy atom. The SMILES string of the molecule is CCC(C)(C)CC(=O)NCC(=O)N(C)C. The summed E-state index contributed by atoms with van der Waals surface area (Å²) in [5, 5.41) is 2.62. The lowest BCUT2D eigenvalue weighted by Gasteiger charge is -2.21. The van der Waals surface area contributed by atoms with E-state index in [-0.39, 0.29) is 23.8 Å². The minimum absolute atomic E-state index is 0.00521. The van der Waals surface area contributed by atoms with Crippen molar-refractivity contribution in [3.8, 4) is 0 Å². The second kappa shape index (κ2) is 5.73. The smallest absolute Gasteiger partial charge is 0.241 e. The van der Waals surface area contributed by atoms with Gasteiger partial charge in [-0.15, -0.1) is 0 Å². The first-order valence-electron chi connectivity index (χ1n) is 5.25. The van der Waals surface area contributed by atoms with E-state index in [1.165, 1.54) is 4.90 Å². The number of carbonyl (C=O) groups is 2. The van der Waals surface area contributed by atoms with Crippen LogP contribution in [-0.4, -0.2) is 37.4 Å². The summed E-state index contributed by atoms with van der Waals surface area (Å²) in [5.41, 5.74) is 0.00521. The van der Waals surface area contributed by atoms with E-state index in [0.717, 1.165) is 6.42 Å². The molecule has 0 bridgehead atoms. The molecule has 0 aromatic heterocycles. The lowest BCUT2D eigenvalue weighted by molar-refractivity contribution is -0.131. The molecule has 15 heavy (non-hydrogen) atoms. The summed E-state index contributed by atoms with van der Waals surface area (Å²) in [5.74, 6) is -0.144. The molecule has 0 fully saturated rings. The van der Waals surface area contributed by atoms with E-state index in [4.69, 9.17) is 0 Å². The summed E-state index contributed by atoms with van der Waals surface area (Å²) in [4.78, 5) is 24.1. The van der Waals surface area contributed by atoms with Crippen LogP contribution in [0.3, 0.4) is 0 Å². The normalized spacial score (nSPS) is 11.0. The van der Waals surface area contributed by atoms with Crippen molar-refractivity contribution in [3.63, 3.8) is 0 Å². The molecule has 1 N–H and O–H groups in total. The third-order valence-corrected chi connectivity index (χ3v) is 2.53. The molecule has 0 aliphatic rings. The van der Waals surface area contributed by atoms with Crippen LogP contribution in [0.4, 0.5) is 0 Å². The van der Waals surface area contributed by atoms with Crippen LogP contribution in [0.25, 0.3) is 0 Å². The van der Waals surface area contributed by atoms with Gasteiger partial charge < -0.3 is 10.2 Å². The fourth-order valence-corrected chi connectivity index (χ4v) is 0.954. The first-order chi connectivity index (χ1) is 6.78. The number of likely N-dealkylation sites (N-methyl/N-ethyl adjacent to an activating group) is 1. The maximum atomic E-state index is 11.5. The Morgan fingerprint density at radius 1 is 1.27 bits per heavy atom. The summed E-state index contributed by atoms with van der Waals surface area (Å²) in [6.07, 6.45) is 1.41. The zero-order valence-corrected chi connectivity index (χ0v) is 10.4. The van der Waals surface area contributed by atoms with Gasteiger partial charge in [0.15, 0.2) is 0 Å². The zero-order chi connectivity index (χ0) is 12.1. The summed E-state index contributed by atoms with van der Waals surface area (Å²) in [6, 6.07) is 0. The van der Waals surface area contributed by atoms with Gasteiger partial charge in [0.1, 0.15) is 0 Å². The summed E-state index contributed by atoms with van der Waals surface area (Å²) < 4.78 is 0. The third-order valence-electron chi connectivity index (χ3n) is 2.53. The number of nitrogens with zero attached hydrogens (tertiary/aromatic N) is 1. The lowest BCUT2D eigenvalue weighted by atomic mass is 9.86. The van der Waals surface area contributed by atoms with Gasteiger partial charge in [0.05, 0.1) is 6.54 Å². The molecule has 0 aromatic rings. The lowest BCUT2D eigenvalue weighted by Crippen LogP contribution is -2.37. The van der Waals surface area contributed by atoms with Crippen LogP contribution >= 0.6 is 0 Å². The van der Waals surface area contributed by atoms with Crippen LogP contribution in [0.5, 0.6) is 0 Å². The molecule has 4 nitrogen and oxygen atoms in total. The van der Waals surface area contributed by atoms with Crippen molar-refractivity contribution in [1.82, 2.24) is 10.2 Å². The number of carbonyl (C=O) groups excluding carboxylic acids is 2. The molecule has 4 heteroatoms. The van der Waals surface area contributed by atoms with Crippen molar-refractivity contribution in [2.24, 2.45) is 5.41 Å². The Kier molecular flexibility index (Phi) is 5.33. The molecule has 0 spiro atoms. The number of hydrogen-bond donors (Lipinski definition) is 1. The van der Waals surface area contributed by atoms with Gasteiger partial charge >= 0.3 is 0 Å². The molecule has 0 rings (SSSR count). The van der Waals surface area contributed by atoms with Crippen molar-refractivity contribution in [2.45, 2.75) is 33.6 Å². The molecule has 0 aromatic carbocycles. The van der Waals surface area contributed by atoms with Crippen molar-refractivity contribution in [2.75, 3.05) is 20.6 Å². The second-order valence-corrected chi connectivity index (χ2v) is 4.76. The van der Waals surface area contributed by atoms with Gasteiger partial charge in [-0.25, -0.2) is 0 Å². The number of nitrogens with one attached hydrogen (secondary N) is 1. The van der Waals surface area contributed by atoms with Crippen molar-refractivity contribution >= 4 is 11.8 Å². The molecule has 0 aliphatic carbocycles. The van der Waals surface area contributed by atoms with Crippen LogP contribution in [0.1, 0.15) is 33.6 Å². The van der Waals surface area contributed by atoms with E-state index in [2.05, 4.69) is 12.2 Å². The van der Waals surface area contributed by atoms with E-state index in [9.17, 15) is 9.59 Å². The van der Waals surface area contributed by atoms with Gasteiger partial charge in [0, 0.05) is 20.5 Å². The van der Waals surface area contributed by atoms with Gasteiger partial charge in [-0.1, -0.05) is 27.2 Å². The van der Waals surface area contributed by atoms with E-state index in [0.29, 0.717) is 6.42 Å². The van der Waals surface area contributed by atoms with E-state index in [1.807, 2.05) is 13.8 Å². The van der Waals surface area contributed by atoms with Crippen molar-refractivity contribution < 1.29 is 9.59 Å². The third kappa shape index (κ3) is 6.10. The molecule has 0 atom stereocenters. The highest BCUT2D eigenvalue weighted by Gasteiger charge is 2.19. The average Bonchev–Trinajstić information content (AvgIpc) is 2.13. The van der Waals surface area contributed by atoms with E-state index in [1.54, 1.807) is 14.1 Å². The van der Waals surface area contributed by atoms with E-state index < -0.39 is 0 Å². The standard InChI is InChI=1S/C11H22N2O2/c1-6-11(2,3)7-9(14)12-8-10(15)13(4)5/h6-8H2,1-5H3,(H,12,14). The number of amides is 2. The fourth-order valence-electron chi connectivity index (χ4n) is 0.954. The molecule has 0 unspecified atom stereocenters. The van der Waals surface area contributed by atoms with Crippen LogP contribution in [-0.2, 0) is 9.59 Å². The van der Waals surface area contributed by atoms with Crippen LogP contribution < -0.4 is 5.32 Å². The first-order valence-corrected chi connectivity index (χ1v) is 5.25. The quantitative estimate of drug-likeness (QED) is 0.742. The highest BCUT2D eigenvalue weighted by molar-refractivity contribution is 5.84. The topological polar surface area (TPSA) is 49.4 Å². The largest absolute Gasteiger partial charge is 0.347 e. The molecule has 0 aliphatic heterocycles. The Hall–Kier alpha value is -1.06. The van der Waals surface area contributed by atoms with Crippen molar-refractivity contribution in [3.05, 3.63) is 0 Å². The molecule has 88 valence electrons. The Morgan fingerprint density at radius 2 is 1.80 bits per heavy atom. The molecule has 0 radical (unpaired) electrons. The van der Waals surface area contributed by atoms with E-state index >= 15 is 0 Å². The number of hydrogen-bond acceptors (Lipinski definition) is 2. The highest BCUT2D eigenvalue weighted by atomic mass is 16.2. The molecular formula is C11H22N2O2. The number of rotatable bonds is 5. The second-order valence-electron chi connectivity index (χ2n) is 4.76.